The molecule has 0 aromatic heterocycles. The quantitative estimate of drug-likeness (QED) is 0.609. The van der Waals surface area contributed by atoms with Crippen molar-refractivity contribution in [3.63, 3.8) is 0 Å². The zero-order valence-corrected chi connectivity index (χ0v) is 16.1. The van der Waals surface area contributed by atoms with Crippen molar-refractivity contribution in [2.75, 3.05) is 0 Å². The summed E-state index contributed by atoms with van der Waals surface area (Å²) >= 11 is 18.0. The summed E-state index contributed by atoms with van der Waals surface area (Å²) in [6, 6.07) is 3.24. The van der Waals surface area contributed by atoms with Crippen molar-refractivity contribution in [2.24, 2.45) is 0 Å². The van der Waals surface area contributed by atoms with Gasteiger partial charge in [0.25, 0.3) is 0 Å². The number of hydrogen-bond acceptors (Lipinski definition) is 1. The topological polar surface area (TPSA) is 9.23 Å². The smallest absolute Gasteiger partial charge is 1.00 e. The van der Waals surface area contributed by atoms with Crippen molar-refractivity contribution in [1.29, 1.82) is 0 Å². The van der Waals surface area contributed by atoms with Gasteiger partial charge in [-0.3, -0.25) is 0 Å². The maximum Gasteiger partial charge on any atom is 2.00 e. The van der Waals surface area contributed by atoms with E-state index < -0.39 is 0 Å². The SMILES string of the molecule is CC1=CC(C)=C(Oc2c(Cl)cc(Cl)cc2Cl)C1.[Cl-].[Cl-].[Ti+2]. The molecule has 0 saturated carbocycles. The molecule has 0 heterocycles. The van der Waals surface area contributed by atoms with Crippen LogP contribution in [-0.4, -0.2) is 0 Å². The molecule has 7 heteroatoms. The van der Waals surface area contributed by atoms with E-state index in [4.69, 9.17) is 39.5 Å². The van der Waals surface area contributed by atoms with Gasteiger partial charge in [0.15, 0.2) is 5.75 Å². The van der Waals surface area contributed by atoms with Crippen LogP contribution in [0.2, 0.25) is 15.1 Å². The first kappa shape index (κ1) is 22.9. The van der Waals surface area contributed by atoms with E-state index in [0.717, 1.165) is 17.8 Å². The second kappa shape index (κ2) is 9.63. The largest absolute Gasteiger partial charge is 2.00 e. The van der Waals surface area contributed by atoms with Crippen molar-refractivity contribution >= 4 is 34.8 Å². The number of benzene rings is 1. The molecule has 1 nitrogen and oxygen atoms in total. The van der Waals surface area contributed by atoms with Crippen molar-refractivity contribution < 1.29 is 51.3 Å². The molecule has 0 aliphatic heterocycles. The summed E-state index contributed by atoms with van der Waals surface area (Å²) in [6.45, 7) is 4.06. The van der Waals surface area contributed by atoms with E-state index in [1.54, 1.807) is 12.1 Å². The first-order chi connectivity index (χ1) is 7.97. The van der Waals surface area contributed by atoms with E-state index in [1.165, 1.54) is 5.57 Å². The van der Waals surface area contributed by atoms with E-state index in [0.29, 0.717) is 20.8 Å². The number of halogens is 5. The van der Waals surface area contributed by atoms with E-state index >= 15 is 0 Å². The van der Waals surface area contributed by atoms with Crippen LogP contribution >= 0.6 is 34.8 Å². The third-order valence-corrected chi connectivity index (χ3v) is 3.31. The molecule has 0 bridgehead atoms. The zero-order valence-electron chi connectivity index (χ0n) is 10.7. The Morgan fingerprint density at radius 3 is 1.90 bits per heavy atom. The van der Waals surface area contributed by atoms with Gasteiger partial charge in [-0.2, -0.15) is 0 Å². The summed E-state index contributed by atoms with van der Waals surface area (Å²) in [6.07, 6.45) is 2.88. The Balaban J connectivity index is 0. The van der Waals surface area contributed by atoms with Crippen LogP contribution in [-0.2, 0) is 21.7 Å². The summed E-state index contributed by atoms with van der Waals surface area (Å²) in [5.74, 6) is 1.35. The molecular weight excluding hydrogens is 397 g/mol. The Labute approximate surface area is 161 Å². The van der Waals surface area contributed by atoms with Gasteiger partial charge in [-0.15, -0.1) is 0 Å². The van der Waals surface area contributed by atoms with Crippen molar-refractivity contribution in [1.82, 2.24) is 0 Å². The first-order valence-corrected chi connectivity index (χ1v) is 6.30. The molecule has 0 unspecified atom stereocenters. The van der Waals surface area contributed by atoms with Crippen LogP contribution in [0.25, 0.3) is 0 Å². The van der Waals surface area contributed by atoms with Crippen LogP contribution in [0.4, 0.5) is 0 Å². The first-order valence-electron chi connectivity index (χ1n) is 5.16. The van der Waals surface area contributed by atoms with Gasteiger partial charge in [0.2, 0.25) is 0 Å². The van der Waals surface area contributed by atoms with Gasteiger partial charge in [0, 0.05) is 11.4 Å². The summed E-state index contributed by atoms with van der Waals surface area (Å²) in [5.41, 5.74) is 2.36. The van der Waals surface area contributed by atoms with Crippen LogP contribution in [0.5, 0.6) is 5.75 Å². The molecule has 0 spiro atoms. The van der Waals surface area contributed by atoms with E-state index in [2.05, 4.69) is 13.0 Å². The molecule has 0 atom stereocenters. The normalized spacial score (nSPS) is 12.9. The van der Waals surface area contributed by atoms with E-state index in [9.17, 15) is 0 Å². The van der Waals surface area contributed by atoms with E-state index in [-0.39, 0.29) is 46.5 Å². The molecule has 0 saturated heterocycles. The molecule has 0 fully saturated rings. The molecule has 1 aliphatic rings. The predicted molar refractivity (Wildman–Crippen MR) is 73.2 cm³/mol. The number of hydrogen-bond donors (Lipinski definition) is 0. The minimum absolute atomic E-state index is 0. The Bertz CT molecular complexity index is 517. The molecule has 108 valence electrons. The molecule has 1 aromatic carbocycles. The third-order valence-electron chi connectivity index (χ3n) is 2.53. The molecule has 0 amide bonds. The van der Waals surface area contributed by atoms with Gasteiger partial charge in [-0.25, -0.2) is 0 Å². The summed E-state index contributed by atoms with van der Waals surface area (Å²) in [5, 5.41) is 1.35. The maximum atomic E-state index is 6.06. The molecule has 0 radical (unpaired) electrons. The zero-order chi connectivity index (χ0) is 12.6. The van der Waals surface area contributed by atoms with Crippen LogP contribution in [0.15, 0.2) is 35.1 Å². The van der Waals surface area contributed by atoms with Gasteiger partial charge in [-0.05, 0) is 31.6 Å². The predicted octanol–water partition coefficient (Wildman–Crippen LogP) is -0.345. The maximum absolute atomic E-state index is 6.06. The molecular formula is C13H11Cl5OTi. The fraction of sp³-hybridized carbons (Fsp3) is 0.231. The van der Waals surface area contributed by atoms with Crippen LogP contribution in [0.1, 0.15) is 20.3 Å². The van der Waals surface area contributed by atoms with Crippen molar-refractivity contribution in [2.45, 2.75) is 20.3 Å². The minimum atomic E-state index is 0. The standard InChI is InChI=1S/C13H11Cl3O.2ClH.Ti/c1-7-3-8(2)12(4-7)17-13-10(15)5-9(14)6-11(13)16;;;/h3,5-6H,4H2,1-2H3;2*1H;/q;;;+2/p-2. The Morgan fingerprint density at radius 2 is 1.50 bits per heavy atom. The molecule has 2 rings (SSSR count). The van der Waals surface area contributed by atoms with E-state index in [1.807, 2.05) is 6.92 Å². The molecule has 1 aliphatic carbocycles. The second-order valence-electron chi connectivity index (χ2n) is 4.07. The van der Waals surface area contributed by atoms with Crippen molar-refractivity contribution in [3.05, 3.63) is 50.2 Å². The summed E-state index contributed by atoms with van der Waals surface area (Å²) in [4.78, 5) is 0. The fourth-order valence-corrected chi connectivity index (χ4v) is 2.65. The monoisotopic (exact) mass is 406 g/mol. The number of rotatable bonds is 2. The van der Waals surface area contributed by atoms with Crippen LogP contribution < -0.4 is 29.6 Å². The van der Waals surface area contributed by atoms with Gasteiger partial charge in [-0.1, -0.05) is 46.5 Å². The number of allylic oxidation sites excluding steroid dienone is 3. The van der Waals surface area contributed by atoms with Gasteiger partial charge in [0.05, 0.1) is 10.0 Å². The number of ether oxygens (including phenoxy) is 1. The van der Waals surface area contributed by atoms with Gasteiger partial charge >= 0.3 is 21.7 Å². The third kappa shape index (κ3) is 5.46. The summed E-state index contributed by atoms with van der Waals surface area (Å²) < 4.78 is 5.78. The van der Waals surface area contributed by atoms with Crippen LogP contribution in [0, 0.1) is 0 Å². The molecule has 20 heavy (non-hydrogen) atoms. The second-order valence-corrected chi connectivity index (χ2v) is 5.33. The average molecular weight is 408 g/mol. The Kier molecular flexibility index (Phi) is 11.1. The Hall–Kier alpha value is 0.664. The Morgan fingerprint density at radius 1 is 1.00 bits per heavy atom. The van der Waals surface area contributed by atoms with Crippen molar-refractivity contribution in [3.8, 4) is 5.75 Å². The minimum Gasteiger partial charge on any atom is -1.00 e. The average Bonchev–Trinajstić information content (AvgIpc) is 2.51. The van der Waals surface area contributed by atoms with Gasteiger partial charge in [0.1, 0.15) is 5.76 Å². The molecule has 0 N–H and O–H groups in total. The molecule has 1 aromatic rings. The summed E-state index contributed by atoms with van der Waals surface area (Å²) in [7, 11) is 0. The van der Waals surface area contributed by atoms with Crippen LogP contribution in [0.3, 0.4) is 0 Å². The fourth-order valence-electron chi connectivity index (χ4n) is 1.76. The van der Waals surface area contributed by atoms with Gasteiger partial charge < -0.3 is 29.6 Å².